The first-order chi connectivity index (χ1) is 15.4. The number of benzene rings is 2. The average Bonchev–Trinajstić information content (AvgIpc) is 3.66. The number of likely N-dealkylation sites (N-methyl/N-ethyl adjacent to an activating group) is 2. The Morgan fingerprint density at radius 1 is 1.00 bits per heavy atom. The number of hydrogen-bond donors (Lipinski definition) is 4. The number of carbonyl (C=O) groups excluding carboxylic acids is 3. The van der Waals surface area contributed by atoms with Gasteiger partial charge in [-0.15, -0.1) is 0 Å². The van der Waals surface area contributed by atoms with Gasteiger partial charge in [0, 0.05) is 32.2 Å². The van der Waals surface area contributed by atoms with Crippen LogP contribution in [0.5, 0.6) is 0 Å². The van der Waals surface area contributed by atoms with Gasteiger partial charge in [-0.3, -0.25) is 19.6 Å². The molecule has 1 aliphatic carbocycles. The molecule has 1 fully saturated rings. The normalized spacial score (nSPS) is 14.1. The van der Waals surface area contributed by atoms with Gasteiger partial charge in [0.1, 0.15) is 0 Å². The molecule has 1 saturated carbocycles. The van der Waals surface area contributed by atoms with Gasteiger partial charge in [-0.25, -0.2) is 5.48 Å². The van der Waals surface area contributed by atoms with E-state index in [1.165, 1.54) is 38.0 Å². The van der Waals surface area contributed by atoms with Gasteiger partial charge < -0.3 is 15.5 Å². The van der Waals surface area contributed by atoms with Gasteiger partial charge in [0.05, 0.1) is 0 Å². The van der Waals surface area contributed by atoms with Crippen molar-refractivity contribution in [3.63, 3.8) is 0 Å². The van der Waals surface area contributed by atoms with Crippen LogP contribution in [0.2, 0.25) is 0 Å². The summed E-state index contributed by atoms with van der Waals surface area (Å²) in [7, 11) is 2.67. The third-order valence-corrected chi connectivity index (χ3v) is 5.34. The van der Waals surface area contributed by atoms with Gasteiger partial charge >= 0.3 is 0 Å². The monoisotopic (exact) mass is 436 g/mol. The number of hydroxylamine groups is 1. The maximum absolute atomic E-state index is 12.7. The molecule has 0 aliphatic heterocycles. The zero-order chi connectivity index (χ0) is 23.1. The lowest BCUT2D eigenvalue weighted by Crippen LogP contribution is -2.54. The molecule has 8 heteroatoms. The summed E-state index contributed by atoms with van der Waals surface area (Å²) >= 11 is 0. The molecular weight excluding hydrogens is 408 g/mol. The van der Waals surface area contributed by atoms with Crippen LogP contribution in [0.1, 0.15) is 39.9 Å². The average molecular weight is 437 g/mol. The second kappa shape index (κ2) is 10.7. The van der Waals surface area contributed by atoms with Crippen LogP contribution in [0.15, 0.2) is 48.5 Å². The Labute approximate surface area is 187 Å². The van der Waals surface area contributed by atoms with Crippen molar-refractivity contribution in [2.45, 2.75) is 31.5 Å². The van der Waals surface area contributed by atoms with Gasteiger partial charge in [-0.1, -0.05) is 48.6 Å². The van der Waals surface area contributed by atoms with E-state index in [1.54, 1.807) is 24.3 Å². The first kappa shape index (κ1) is 23.2. The smallest absolute Gasteiger partial charge is 0.275 e. The Hall–Kier alpha value is -3.49. The Morgan fingerprint density at radius 2 is 1.56 bits per heavy atom. The van der Waals surface area contributed by atoms with Gasteiger partial charge in [-0.05, 0) is 41.7 Å². The van der Waals surface area contributed by atoms with Crippen LogP contribution in [0, 0.1) is 0 Å². The Bertz CT molecular complexity index is 966. The molecule has 4 N–H and O–H groups in total. The highest BCUT2D eigenvalue weighted by atomic mass is 16.5. The third kappa shape index (κ3) is 6.03. The minimum Gasteiger partial charge on any atom is -0.357 e. The van der Waals surface area contributed by atoms with Crippen molar-refractivity contribution in [3.8, 4) is 0 Å². The number of rotatable bonds is 9. The number of nitrogens with zero attached hydrogens (tertiary/aromatic N) is 1. The zero-order valence-electron chi connectivity index (χ0n) is 18.2. The van der Waals surface area contributed by atoms with Crippen LogP contribution < -0.4 is 16.1 Å². The van der Waals surface area contributed by atoms with Crippen LogP contribution in [0.3, 0.4) is 0 Å². The molecule has 0 saturated heterocycles. The Kier molecular flexibility index (Phi) is 7.75. The first-order valence-electron chi connectivity index (χ1n) is 10.5. The zero-order valence-corrected chi connectivity index (χ0v) is 18.2. The number of amides is 3. The van der Waals surface area contributed by atoms with E-state index >= 15 is 0 Å². The van der Waals surface area contributed by atoms with Crippen LogP contribution in [-0.4, -0.2) is 54.0 Å². The van der Waals surface area contributed by atoms with Gasteiger partial charge in [0.15, 0.2) is 6.04 Å². The van der Waals surface area contributed by atoms with E-state index in [-0.39, 0.29) is 0 Å². The van der Waals surface area contributed by atoms with Crippen LogP contribution >= 0.6 is 0 Å². The molecule has 2 aromatic carbocycles. The Balaban J connectivity index is 1.62. The summed E-state index contributed by atoms with van der Waals surface area (Å²) in [5.41, 5.74) is 4.97. The fourth-order valence-corrected chi connectivity index (χ4v) is 3.22. The number of carbonyl (C=O) groups is 3. The van der Waals surface area contributed by atoms with Crippen molar-refractivity contribution in [1.82, 2.24) is 21.0 Å². The van der Waals surface area contributed by atoms with Crippen molar-refractivity contribution >= 4 is 29.9 Å². The molecule has 0 spiro atoms. The predicted molar refractivity (Wildman–Crippen MR) is 122 cm³/mol. The molecule has 2 aromatic rings. The van der Waals surface area contributed by atoms with E-state index in [1.807, 2.05) is 12.2 Å². The van der Waals surface area contributed by atoms with Crippen LogP contribution in [0.4, 0.5) is 0 Å². The van der Waals surface area contributed by atoms with Gasteiger partial charge in [-0.2, -0.15) is 0 Å². The third-order valence-electron chi connectivity index (χ3n) is 5.34. The van der Waals surface area contributed by atoms with Crippen LogP contribution in [0.25, 0.3) is 12.2 Å². The summed E-state index contributed by atoms with van der Waals surface area (Å²) in [5, 5.41) is 14.7. The highest BCUT2D eigenvalue weighted by Gasteiger charge is 2.33. The fourth-order valence-electron chi connectivity index (χ4n) is 3.22. The predicted octanol–water partition coefficient (Wildman–Crippen LogP) is 1.80. The van der Waals surface area contributed by atoms with Crippen molar-refractivity contribution in [2.24, 2.45) is 0 Å². The molecule has 0 radical (unpaired) electrons. The summed E-state index contributed by atoms with van der Waals surface area (Å²) in [6.45, 7) is 0.888. The minimum atomic E-state index is -1.49. The molecule has 168 valence electrons. The number of hydrogen-bond acceptors (Lipinski definition) is 5. The van der Waals surface area contributed by atoms with E-state index in [0.717, 1.165) is 22.6 Å². The maximum Gasteiger partial charge on any atom is 0.275 e. The molecule has 1 unspecified atom stereocenters. The SMILES string of the molecule is CNC(=O)C(C(=O)NO)N(C)C(=O)c1ccc(/C=C/c2ccc(CNC3CC3)cc2)cc1. The molecule has 0 aromatic heterocycles. The lowest BCUT2D eigenvalue weighted by atomic mass is 10.1. The Morgan fingerprint density at radius 3 is 2.06 bits per heavy atom. The topological polar surface area (TPSA) is 111 Å². The summed E-state index contributed by atoms with van der Waals surface area (Å²) in [6.07, 6.45) is 6.48. The minimum absolute atomic E-state index is 0.316. The molecule has 3 rings (SSSR count). The lowest BCUT2D eigenvalue weighted by Gasteiger charge is -2.25. The summed E-state index contributed by atoms with van der Waals surface area (Å²) in [6, 6.07) is 14.4. The van der Waals surface area contributed by atoms with Gasteiger partial charge in [0.25, 0.3) is 17.7 Å². The van der Waals surface area contributed by atoms with E-state index in [9.17, 15) is 14.4 Å². The second-order valence-corrected chi connectivity index (χ2v) is 7.76. The highest BCUT2D eigenvalue weighted by molar-refractivity contribution is 6.08. The molecular formula is C24H28N4O4. The summed E-state index contributed by atoms with van der Waals surface area (Å²) in [5.74, 6) is -2.22. The van der Waals surface area contributed by atoms with Crippen molar-refractivity contribution < 1.29 is 19.6 Å². The van der Waals surface area contributed by atoms with Gasteiger partial charge in [0.2, 0.25) is 0 Å². The summed E-state index contributed by atoms with van der Waals surface area (Å²) in [4.78, 5) is 37.5. The van der Waals surface area contributed by atoms with E-state index in [2.05, 4.69) is 34.9 Å². The second-order valence-electron chi connectivity index (χ2n) is 7.76. The largest absolute Gasteiger partial charge is 0.357 e. The lowest BCUT2D eigenvalue weighted by molar-refractivity contribution is -0.140. The summed E-state index contributed by atoms with van der Waals surface area (Å²) < 4.78 is 0. The van der Waals surface area contributed by atoms with Crippen LogP contribution in [-0.2, 0) is 16.1 Å². The molecule has 8 nitrogen and oxygen atoms in total. The molecule has 0 bridgehead atoms. The molecule has 32 heavy (non-hydrogen) atoms. The van der Waals surface area contributed by atoms with Crippen molar-refractivity contribution in [3.05, 3.63) is 70.8 Å². The van der Waals surface area contributed by atoms with E-state index < -0.39 is 23.8 Å². The number of nitrogens with one attached hydrogen (secondary N) is 3. The van der Waals surface area contributed by atoms with Crippen molar-refractivity contribution in [1.29, 1.82) is 0 Å². The standard InChI is InChI=1S/C24H28N4O4/c1-25-22(29)21(23(30)27-32)28(2)24(31)19-11-9-17(10-12-19)4-3-16-5-7-18(8-6-16)15-26-20-13-14-20/h3-12,20-21,26,32H,13-15H2,1-2H3,(H,25,29)(H,27,30)/b4-3+. The fraction of sp³-hybridized carbons (Fsp3) is 0.292. The quantitative estimate of drug-likeness (QED) is 0.207. The van der Waals surface area contributed by atoms with Crippen molar-refractivity contribution in [2.75, 3.05) is 14.1 Å². The molecule has 1 aliphatic rings. The molecule has 0 heterocycles. The maximum atomic E-state index is 12.7. The van der Waals surface area contributed by atoms with E-state index in [0.29, 0.717) is 11.6 Å². The highest BCUT2D eigenvalue weighted by Crippen LogP contribution is 2.19. The molecule has 1 atom stereocenters. The first-order valence-corrected chi connectivity index (χ1v) is 10.5. The molecule has 3 amide bonds. The van der Waals surface area contributed by atoms with E-state index in [4.69, 9.17) is 5.21 Å².